The van der Waals surface area contributed by atoms with E-state index in [1.165, 1.54) is 5.56 Å². The van der Waals surface area contributed by atoms with Crippen molar-refractivity contribution in [1.82, 2.24) is 4.90 Å². The fraction of sp³-hybridized carbons (Fsp3) is 0.389. The summed E-state index contributed by atoms with van der Waals surface area (Å²) in [5.74, 6) is 1.08. The van der Waals surface area contributed by atoms with Crippen molar-refractivity contribution in [2.45, 2.75) is 38.3 Å². The molecule has 1 fully saturated rings. The molecule has 0 unspecified atom stereocenters. The molecule has 2 aromatic rings. The van der Waals surface area contributed by atoms with Gasteiger partial charge in [0.15, 0.2) is 0 Å². The number of rotatable bonds is 8. The highest BCUT2D eigenvalue weighted by molar-refractivity contribution is 9.10. The van der Waals surface area contributed by atoms with E-state index in [0.717, 1.165) is 36.0 Å². The zero-order chi connectivity index (χ0) is 16.1. The number of ether oxygens (including phenoxy) is 1. The van der Waals surface area contributed by atoms with Gasteiger partial charge in [0.05, 0.1) is 6.61 Å². The Bertz CT molecular complexity index is 640. The van der Waals surface area contributed by atoms with Gasteiger partial charge >= 0.3 is 0 Å². The smallest absolute Gasteiger partial charge is 0.223 e. The summed E-state index contributed by atoms with van der Waals surface area (Å²) in [4.78, 5) is 14.5. The fourth-order valence-electron chi connectivity index (χ4n) is 2.50. The number of halogens is 1. The van der Waals surface area contributed by atoms with Gasteiger partial charge in [0.1, 0.15) is 5.75 Å². The summed E-state index contributed by atoms with van der Waals surface area (Å²) in [6.07, 6.45) is 3.59. The van der Waals surface area contributed by atoms with Crippen LogP contribution in [-0.2, 0) is 11.3 Å². The van der Waals surface area contributed by atoms with E-state index in [1.807, 2.05) is 29.2 Å². The minimum Gasteiger partial charge on any atom is -0.494 e. The number of hydrogen-bond donors (Lipinski definition) is 0. The van der Waals surface area contributed by atoms with E-state index in [9.17, 15) is 4.79 Å². The summed E-state index contributed by atoms with van der Waals surface area (Å²) < 4.78 is 6.70. The van der Waals surface area contributed by atoms with Crippen molar-refractivity contribution in [3.05, 3.63) is 51.1 Å². The normalized spacial score (nSPS) is 13.8. The molecule has 5 heteroatoms. The van der Waals surface area contributed by atoms with E-state index in [1.54, 1.807) is 11.3 Å². The molecule has 0 N–H and O–H groups in total. The van der Waals surface area contributed by atoms with Gasteiger partial charge in [-0.1, -0.05) is 22.0 Å². The zero-order valence-electron chi connectivity index (χ0n) is 12.9. The number of hydrogen-bond acceptors (Lipinski definition) is 3. The third-order valence-corrected chi connectivity index (χ3v) is 5.07. The second-order valence-electron chi connectivity index (χ2n) is 5.79. The molecule has 0 bridgehead atoms. The predicted octanol–water partition coefficient (Wildman–Crippen LogP) is 4.86. The van der Waals surface area contributed by atoms with Crippen molar-refractivity contribution in [2.24, 2.45) is 0 Å². The SMILES string of the molecule is O=C(CCCOc1cccc(Br)c1)N(Cc1ccsc1)C1CC1. The quantitative estimate of drug-likeness (QED) is 0.599. The molecule has 0 aliphatic heterocycles. The van der Waals surface area contributed by atoms with E-state index in [-0.39, 0.29) is 5.91 Å². The summed E-state index contributed by atoms with van der Waals surface area (Å²) in [6.45, 7) is 1.32. The minimum absolute atomic E-state index is 0.247. The lowest BCUT2D eigenvalue weighted by Crippen LogP contribution is -2.32. The van der Waals surface area contributed by atoms with Crippen LogP contribution in [0.25, 0.3) is 0 Å². The molecule has 1 saturated carbocycles. The van der Waals surface area contributed by atoms with Gasteiger partial charge in [0.2, 0.25) is 5.91 Å². The molecule has 3 nitrogen and oxygen atoms in total. The fourth-order valence-corrected chi connectivity index (χ4v) is 3.54. The van der Waals surface area contributed by atoms with E-state index in [0.29, 0.717) is 19.1 Å². The Labute approximate surface area is 149 Å². The summed E-state index contributed by atoms with van der Waals surface area (Å²) in [5.41, 5.74) is 1.24. The molecule has 0 saturated heterocycles. The topological polar surface area (TPSA) is 29.5 Å². The van der Waals surface area contributed by atoms with Gasteiger partial charge in [-0.25, -0.2) is 0 Å². The van der Waals surface area contributed by atoms with E-state index < -0.39 is 0 Å². The summed E-state index contributed by atoms with van der Waals surface area (Å²) in [7, 11) is 0. The van der Waals surface area contributed by atoms with Crippen molar-refractivity contribution in [2.75, 3.05) is 6.61 Å². The number of carbonyl (C=O) groups excluding carboxylic acids is 1. The first-order chi connectivity index (χ1) is 11.2. The van der Waals surface area contributed by atoms with Crippen molar-refractivity contribution in [3.63, 3.8) is 0 Å². The molecule has 0 atom stereocenters. The lowest BCUT2D eigenvalue weighted by Gasteiger charge is -2.22. The largest absolute Gasteiger partial charge is 0.494 e. The number of carbonyl (C=O) groups is 1. The molecule has 23 heavy (non-hydrogen) atoms. The molecule has 122 valence electrons. The van der Waals surface area contributed by atoms with E-state index in [4.69, 9.17) is 4.74 Å². The van der Waals surface area contributed by atoms with E-state index >= 15 is 0 Å². The number of thiophene rings is 1. The number of amides is 1. The molecule has 1 aromatic carbocycles. The van der Waals surface area contributed by atoms with Crippen LogP contribution in [0, 0.1) is 0 Å². The Balaban J connectivity index is 1.44. The third kappa shape index (κ3) is 5.08. The van der Waals surface area contributed by atoms with Crippen LogP contribution in [0.1, 0.15) is 31.2 Å². The van der Waals surface area contributed by atoms with Crippen LogP contribution < -0.4 is 4.74 Å². The van der Waals surface area contributed by atoms with Gasteiger partial charge in [-0.3, -0.25) is 4.79 Å². The average molecular weight is 394 g/mol. The second-order valence-corrected chi connectivity index (χ2v) is 7.49. The molecule has 0 radical (unpaired) electrons. The number of nitrogens with zero attached hydrogens (tertiary/aromatic N) is 1. The Morgan fingerprint density at radius 2 is 2.22 bits per heavy atom. The third-order valence-electron chi connectivity index (χ3n) is 3.84. The molecule has 3 rings (SSSR count). The lowest BCUT2D eigenvalue weighted by molar-refractivity contribution is -0.132. The monoisotopic (exact) mass is 393 g/mol. The van der Waals surface area contributed by atoms with Gasteiger partial charge in [0, 0.05) is 23.5 Å². The number of benzene rings is 1. The molecule has 1 amide bonds. The maximum absolute atomic E-state index is 12.5. The van der Waals surface area contributed by atoms with E-state index in [2.05, 4.69) is 32.8 Å². The minimum atomic E-state index is 0.247. The lowest BCUT2D eigenvalue weighted by atomic mass is 10.2. The Morgan fingerprint density at radius 3 is 2.91 bits per heavy atom. The average Bonchev–Trinajstić information content (AvgIpc) is 3.25. The molecule has 1 aliphatic carbocycles. The Hall–Kier alpha value is -1.33. The molecular weight excluding hydrogens is 374 g/mol. The highest BCUT2D eigenvalue weighted by atomic mass is 79.9. The predicted molar refractivity (Wildman–Crippen MR) is 96.8 cm³/mol. The maximum Gasteiger partial charge on any atom is 0.223 e. The highest BCUT2D eigenvalue weighted by Gasteiger charge is 2.32. The van der Waals surface area contributed by atoms with Crippen molar-refractivity contribution < 1.29 is 9.53 Å². The van der Waals surface area contributed by atoms with Crippen LogP contribution in [0.4, 0.5) is 0 Å². The molecular formula is C18H20BrNO2S. The Kier molecular flexibility index (Phi) is 5.73. The Morgan fingerprint density at radius 1 is 1.35 bits per heavy atom. The van der Waals surface area contributed by atoms with Crippen molar-refractivity contribution in [3.8, 4) is 5.75 Å². The highest BCUT2D eigenvalue weighted by Crippen LogP contribution is 2.29. The van der Waals surface area contributed by atoms with Gasteiger partial charge in [-0.05, 0) is 59.9 Å². The van der Waals surface area contributed by atoms with Gasteiger partial charge in [0.25, 0.3) is 0 Å². The second kappa shape index (κ2) is 7.97. The summed E-state index contributed by atoms with van der Waals surface area (Å²) in [6, 6.07) is 10.3. The van der Waals surface area contributed by atoms with Crippen LogP contribution in [0.15, 0.2) is 45.6 Å². The first-order valence-corrected chi connectivity index (χ1v) is 9.65. The van der Waals surface area contributed by atoms with Crippen LogP contribution >= 0.6 is 27.3 Å². The van der Waals surface area contributed by atoms with Gasteiger partial charge < -0.3 is 9.64 Å². The summed E-state index contributed by atoms with van der Waals surface area (Å²) >= 11 is 5.11. The zero-order valence-corrected chi connectivity index (χ0v) is 15.3. The maximum atomic E-state index is 12.5. The summed E-state index contributed by atoms with van der Waals surface area (Å²) in [5, 5.41) is 4.19. The molecule has 1 aliphatic rings. The first-order valence-electron chi connectivity index (χ1n) is 7.91. The first kappa shape index (κ1) is 16.5. The van der Waals surface area contributed by atoms with Crippen LogP contribution in [-0.4, -0.2) is 23.5 Å². The van der Waals surface area contributed by atoms with Crippen molar-refractivity contribution in [1.29, 1.82) is 0 Å². The van der Waals surface area contributed by atoms with Gasteiger partial charge in [-0.15, -0.1) is 0 Å². The molecule has 0 spiro atoms. The van der Waals surface area contributed by atoms with Crippen LogP contribution in [0.5, 0.6) is 5.75 Å². The van der Waals surface area contributed by atoms with Gasteiger partial charge in [-0.2, -0.15) is 11.3 Å². The molecule has 1 heterocycles. The van der Waals surface area contributed by atoms with Crippen LogP contribution in [0.2, 0.25) is 0 Å². The molecule has 1 aromatic heterocycles. The van der Waals surface area contributed by atoms with Crippen LogP contribution in [0.3, 0.4) is 0 Å². The standard InChI is InChI=1S/C18H20BrNO2S/c19-15-3-1-4-17(11-15)22-9-2-5-18(21)20(16-6-7-16)12-14-8-10-23-13-14/h1,3-4,8,10-11,13,16H,2,5-7,9,12H2. The van der Waals surface area contributed by atoms with Crippen molar-refractivity contribution >= 4 is 33.2 Å².